The lowest BCUT2D eigenvalue weighted by atomic mass is 10.0. The first-order chi connectivity index (χ1) is 22.7. The summed E-state index contributed by atoms with van der Waals surface area (Å²) in [6.45, 7) is 4.29. The van der Waals surface area contributed by atoms with E-state index in [1.54, 1.807) is 81.4 Å². The van der Waals surface area contributed by atoms with Crippen LogP contribution in [0.15, 0.2) is 108 Å². The Morgan fingerprint density at radius 1 is 0.854 bits per heavy atom. The number of halogens is 3. The van der Waals surface area contributed by atoms with Crippen LogP contribution in [0.2, 0.25) is 0 Å². The number of aryl methyl sites for hydroxylation is 1. The van der Waals surface area contributed by atoms with E-state index in [0.717, 1.165) is 23.3 Å². The van der Waals surface area contributed by atoms with Gasteiger partial charge in [-0.3, -0.25) is 13.9 Å². The van der Waals surface area contributed by atoms with Crippen LogP contribution in [-0.4, -0.2) is 50.9 Å². The molecule has 0 aromatic heterocycles. The molecule has 0 fully saturated rings. The van der Waals surface area contributed by atoms with Gasteiger partial charge in [0.25, 0.3) is 10.0 Å². The van der Waals surface area contributed by atoms with Crippen LogP contribution in [0, 0.1) is 6.92 Å². The van der Waals surface area contributed by atoms with Gasteiger partial charge in [0.2, 0.25) is 11.8 Å². The first-order valence-corrected chi connectivity index (χ1v) is 16.7. The molecule has 0 saturated carbocycles. The predicted molar refractivity (Wildman–Crippen MR) is 178 cm³/mol. The number of hydrogen-bond donors (Lipinski definition) is 1. The molecule has 4 rings (SSSR count). The van der Waals surface area contributed by atoms with Crippen LogP contribution in [-0.2, 0) is 38.8 Å². The van der Waals surface area contributed by atoms with Crippen LogP contribution < -0.4 is 14.4 Å². The number of amides is 2. The monoisotopic (exact) mass is 681 g/mol. The van der Waals surface area contributed by atoms with Crippen molar-refractivity contribution in [2.24, 2.45) is 0 Å². The van der Waals surface area contributed by atoms with Gasteiger partial charge in [0.15, 0.2) is 0 Å². The van der Waals surface area contributed by atoms with Crippen molar-refractivity contribution in [2.75, 3.05) is 18.0 Å². The summed E-state index contributed by atoms with van der Waals surface area (Å²) in [6.07, 6.45) is -4.68. The summed E-state index contributed by atoms with van der Waals surface area (Å²) in [5.74, 6) is -0.776. The fraction of sp³-hybridized carbons (Fsp3) is 0.278. The van der Waals surface area contributed by atoms with Crippen molar-refractivity contribution >= 4 is 27.5 Å². The number of benzene rings is 4. The van der Waals surface area contributed by atoms with E-state index >= 15 is 0 Å². The Morgan fingerprint density at radius 2 is 1.50 bits per heavy atom. The third-order valence-electron chi connectivity index (χ3n) is 7.54. The number of hydrogen-bond acceptors (Lipinski definition) is 5. The van der Waals surface area contributed by atoms with Crippen LogP contribution in [0.3, 0.4) is 0 Å². The quantitative estimate of drug-likeness (QED) is 0.177. The molecular weight excluding hydrogens is 643 g/mol. The molecule has 0 unspecified atom stereocenters. The van der Waals surface area contributed by atoms with Gasteiger partial charge in [-0.25, -0.2) is 8.42 Å². The molecular formula is C36H38F3N3O5S. The van der Waals surface area contributed by atoms with E-state index in [1.165, 1.54) is 30.2 Å². The molecule has 0 spiro atoms. The maximum absolute atomic E-state index is 14.5. The van der Waals surface area contributed by atoms with Crippen molar-refractivity contribution in [3.8, 4) is 5.75 Å². The van der Waals surface area contributed by atoms with Gasteiger partial charge in [0, 0.05) is 19.0 Å². The zero-order valence-electron chi connectivity index (χ0n) is 27.1. The van der Waals surface area contributed by atoms with Crippen LogP contribution in [0.25, 0.3) is 0 Å². The maximum atomic E-state index is 14.5. The topological polar surface area (TPSA) is 96.0 Å². The normalized spacial score (nSPS) is 12.3. The molecule has 1 atom stereocenters. The summed E-state index contributed by atoms with van der Waals surface area (Å²) >= 11 is 0. The van der Waals surface area contributed by atoms with E-state index in [0.29, 0.717) is 21.7 Å². The van der Waals surface area contributed by atoms with Crippen molar-refractivity contribution in [3.05, 3.63) is 125 Å². The first-order valence-electron chi connectivity index (χ1n) is 15.2. The average molecular weight is 682 g/mol. The molecule has 12 heteroatoms. The van der Waals surface area contributed by atoms with Crippen molar-refractivity contribution in [1.82, 2.24) is 10.2 Å². The Morgan fingerprint density at radius 3 is 2.12 bits per heavy atom. The highest BCUT2D eigenvalue weighted by molar-refractivity contribution is 7.92. The van der Waals surface area contributed by atoms with Gasteiger partial charge in [-0.05, 0) is 74.4 Å². The molecule has 2 amide bonds. The second-order valence-corrected chi connectivity index (χ2v) is 13.5. The Bertz CT molecular complexity index is 1810. The molecule has 0 aliphatic carbocycles. The highest BCUT2D eigenvalue weighted by atomic mass is 32.2. The molecule has 0 aliphatic rings. The second kappa shape index (κ2) is 15.4. The molecule has 0 aliphatic heterocycles. The summed E-state index contributed by atoms with van der Waals surface area (Å²) in [6, 6.07) is 24.1. The zero-order valence-corrected chi connectivity index (χ0v) is 27.9. The summed E-state index contributed by atoms with van der Waals surface area (Å²) in [5.41, 5.74) is 0.659. The van der Waals surface area contributed by atoms with E-state index < -0.39 is 46.2 Å². The van der Waals surface area contributed by atoms with E-state index in [9.17, 15) is 31.2 Å². The SMILES string of the molecule is COc1cccc(CN(C(=O)CN(c2cccc(C(F)(F)F)c2)S(=O)(=O)c2ccc(C)cc2)[C@H](Cc2ccccc2)C(=O)NC(C)C)c1. The molecule has 4 aromatic rings. The van der Waals surface area contributed by atoms with Gasteiger partial charge in [-0.15, -0.1) is 0 Å². The minimum Gasteiger partial charge on any atom is -0.497 e. The number of carbonyl (C=O) groups excluding carboxylic acids is 2. The van der Waals surface area contributed by atoms with Crippen LogP contribution in [0.5, 0.6) is 5.75 Å². The van der Waals surface area contributed by atoms with Crippen molar-refractivity contribution in [3.63, 3.8) is 0 Å². The molecule has 254 valence electrons. The Kier molecular flexibility index (Phi) is 11.5. The minimum absolute atomic E-state index is 0.0867. The van der Waals surface area contributed by atoms with Gasteiger partial charge in [-0.1, -0.05) is 66.2 Å². The number of anilines is 1. The van der Waals surface area contributed by atoms with Crippen LogP contribution >= 0.6 is 0 Å². The van der Waals surface area contributed by atoms with Crippen molar-refractivity contribution < 1.29 is 35.9 Å². The molecule has 8 nitrogen and oxygen atoms in total. The maximum Gasteiger partial charge on any atom is 0.416 e. The molecule has 0 saturated heterocycles. The van der Waals surface area contributed by atoms with Crippen LogP contribution in [0.1, 0.15) is 36.1 Å². The third kappa shape index (κ3) is 9.15. The fourth-order valence-electron chi connectivity index (χ4n) is 5.11. The lowest BCUT2D eigenvalue weighted by molar-refractivity contribution is -0.140. The summed E-state index contributed by atoms with van der Waals surface area (Å²) in [5, 5.41) is 2.86. The number of rotatable bonds is 13. The number of methoxy groups -OCH3 is 1. The molecule has 48 heavy (non-hydrogen) atoms. The highest BCUT2D eigenvalue weighted by Gasteiger charge is 2.36. The zero-order chi connectivity index (χ0) is 35.1. The summed E-state index contributed by atoms with van der Waals surface area (Å²) < 4.78 is 75.7. The number of ether oxygens (including phenoxy) is 1. The predicted octanol–water partition coefficient (Wildman–Crippen LogP) is 6.38. The average Bonchev–Trinajstić information content (AvgIpc) is 3.05. The van der Waals surface area contributed by atoms with E-state index in [4.69, 9.17) is 4.74 Å². The fourth-order valence-corrected chi connectivity index (χ4v) is 6.51. The largest absolute Gasteiger partial charge is 0.497 e. The van der Waals surface area contributed by atoms with Crippen LogP contribution in [0.4, 0.5) is 18.9 Å². The van der Waals surface area contributed by atoms with Gasteiger partial charge < -0.3 is 15.0 Å². The highest BCUT2D eigenvalue weighted by Crippen LogP contribution is 2.33. The van der Waals surface area contributed by atoms with Crippen molar-refractivity contribution in [1.29, 1.82) is 0 Å². The van der Waals surface area contributed by atoms with E-state index in [-0.39, 0.29) is 29.6 Å². The summed E-state index contributed by atoms with van der Waals surface area (Å²) in [4.78, 5) is 29.4. The van der Waals surface area contributed by atoms with Gasteiger partial charge in [0.1, 0.15) is 18.3 Å². The third-order valence-corrected chi connectivity index (χ3v) is 9.33. The standard InChI is InChI=1S/C36H38F3N3O5S/c1-25(2)40-35(44)33(21-27-10-6-5-7-11-27)41(23-28-12-8-15-31(20-28)47-4)34(43)24-42(30-14-9-13-29(22-30)36(37,38)39)48(45,46)32-18-16-26(3)17-19-32/h5-20,22,25,33H,21,23-24H2,1-4H3,(H,40,44)/t33-/m1/s1. The molecule has 0 bridgehead atoms. The lowest BCUT2D eigenvalue weighted by Gasteiger charge is -2.34. The smallest absolute Gasteiger partial charge is 0.416 e. The minimum atomic E-state index is -4.77. The van der Waals surface area contributed by atoms with E-state index in [1.807, 2.05) is 6.07 Å². The summed E-state index contributed by atoms with van der Waals surface area (Å²) in [7, 11) is -3.09. The molecule has 1 N–H and O–H groups in total. The van der Waals surface area contributed by atoms with Gasteiger partial charge >= 0.3 is 6.18 Å². The Hall–Kier alpha value is -4.84. The molecule has 4 aromatic carbocycles. The molecule has 0 radical (unpaired) electrons. The second-order valence-electron chi connectivity index (χ2n) is 11.6. The van der Waals surface area contributed by atoms with E-state index in [2.05, 4.69) is 5.32 Å². The van der Waals surface area contributed by atoms with Gasteiger partial charge in [0.05, 0.1) is 23.3 Å². The Balaban J connectivity index is 1.86. The molecule has 0 heterocycles. The Labute approximate surface area is 279 Å². The first kappa shape index (κ1) is 36.0. The number of sulfonamides is 1. The number of nitrogens with zero attached hydrogens (tertiary/aromatic N) is 2. The number of nitrogens with one attached hydrogen (secondary N) is 1. The lowest BCUT2D eigenvalue weighted by Crippen LogP contribution is -2.54. The number of carbonyl (C=O) groups is 2. The van der Waals surface area contributed by atoms with Crippen molar-refractivity contribution in [2.45, 2.75) is 56.9 Å². The number of alkyl halides is 3. The van der Waals surface area contributed by atoms with Gasteiger partial charge in [-0.2, -0.15) is 13.2 Å².